The van der Waals surface area contributed by atoms with Gasteiger partial charge >= 0.3 is 0 Å². The van der Waals surface area contributed by atoms with Gasteiger partial charge in [0.15, 0.2) is 5.65 Å². The molecule has 4 rings (SSSR count). The van der Waals surface area contributed by atoms with Crippen molar-refractivity contribution in [1.82, 2.24) is 15.0 Å². The Labute approximate surface area is 169 Å². The van der Waals surface area contributed by atoms with Gasteiger partial charge in [-0.15, -0.1) is 0 Å². The number of aryl methyl sites for hydroxylation is 1. The molecular weight excluding hydrogens is 342 g/mol. The number of fused-ring (bicyclic) bond motifs is 1. The number of rotatable bonds is 8. The van der Waals surface area contributed by atoms with Gasteiger partial charge in [0.2, 0.25) is 0 Å². The summed E-state index contributed by atoms with van der Waals surface area (Å²) in [5.74, 6) is 1.83. The number of hydrogen-bond acceptors (Lipinski definition) is 2. The molecule has 1 fully saturated rings. The first-order valence-electron chi connectivity index (χ1n) is 11.3. The van der Waals surface area contributed by atoms with Gasteiger partial charge in [-0.3, -0.25) is 0 Å². The minimum absolute atomic E-state index is 0.499. The van der Waals surface area contributed by atoms with Crippen LogP contribution in [0.25, 0.3) is 16.7 Å². The Hall–Kier alpha value is -1.90. The molecular formula is C25H35N3. The minimum Gasteiger partial charge on any atom is -0.341 e. The van der Waals surface area contributed by atoms with Crippen LogP contribution in [-0.4, -0.2) is 15.0 Å². The van der Waals surface area contributed by atoms with Gasteiger partial charge in [-0.1, -0.05) is 64.2 Å². The number of aromatic amines is 1. The van der Waals surface area contributed by atoms with E-state index < -0.39 is 0 Å². The molecule has 0 aromatic carbocycles. The lowest BCUT2D eigenvalue weighted by atomic mass is 9.86. The van der Waals surface area contributed by atoms with Crippen LogP contribution in [0, 0.1) is 18.3 Å². The molecule has 2 heterocycles. The fraction of sp³-hybridized carbons (Fsp3) is 0.600. The summed E-state index contributed by atoms with van der Waals surface area (Å²) in [6.07, 6.45) is 15.8. The molecule has 0 saturated heterocycles. The Morgan fingerprint density at radius 3 is 2.43 bits per heavy atom. The third kappa shape index (κ3) is 3.94. The van der Waals surface area contributed by atoms with Crippen molar-refractivity contribution in [3.8, 4) is 0 Å². The number of pyridine rings is 1. The lowest BCUT2D eigenvalue weighted by Gasteiger charge is -2.20. The van der Waals surface area contributed by atoms with Crippen LogP contribution < -0.4 is 0 Å². The van der Waals surface area contributed by atoms with Gasteiger partial charge in [0.25, 0.3) is 0 Å². The Bertz CT molecular complexity index is 905. The highest BCUT2D eigenvalue weighted by molar-refractivity contribution is 5.78. The Kier molecular flexibility index (Phi) is 5.44. The molecule has 0 amide bonds. The van der Waals surface area contributed by atoms with Crippen LogP contribution in [0.1, 0.15) is 89.2 Å². The van der Waals surface area contributed by atoms with Crippen molar-refractivity contribution >= 4 is 16.7 Å². The van der Waals surface area contributed by atoms with E-state index in [9.17, 15) is 0 Å². The molecule has 0 radical (unpaired) electrons. The summed E-state index contributed by atoms with van der Waals surface area (Å²) in [5, 5.41) is 0. The highest BCUT2D eigenvalue weighted by Crippen LogP contribution is 2.54. The number of H-pyrrole nitrogens is 1. The Morgan fingerprint density at radius 1 is 1.07 bits per heavy atom. The fourth-order valence-electron chi connectivity index (χ4n) is 4.80. The molecule has 0 aliphatic heterocycles. The summed E-state index contributed by atoms with van der Waals surface area (Å²) < 4.78 is 0. The van der Waals surface area contributed by atoms with Crippen molar-refractivity contribution in [1.29, 1.82) is 0 Å². The van der Waals surface area contributed by atoms with Crippen molar-refractivity contribution < 1.29 is 0 Å². The maximum absolute atomic E-state index is 4.98. The Balaban J connectivity index is 1.58. The van der Waals surface area contributed by atoms with Crippen molar-refractivity contribution in [3.63, 3.8) is 0 Å². The van der Waals surface area contributed by atoms with Crippen molar-refractivity contribution in [2.24, 2.45) is 11.3 Å². The molecule has 28 heavy (non-hydrogen) atoms. The number of hydrogen-bond donors (Lipinski definition) is 1. The van der Waals surface area contributed by atoms with Crippen LogP contribution in [0.15, 0.2) is 23.8 Å². The third-order valence-corrected chi connectivity index (χ3v) is 6.82. The maximum Gasteiger partial charge on any atom is 0.178 e. The van der Waals surface area contributed by atoms with Crippen LogP contribution >= 0.6 is 0 Å². The van der Waals surface area contributed by atoms with Crippen LogP contribution in [0.5, 0.6) is 0 Å². The van der Waals surface area contributed by atoms with E-state index in [-0.39, 0.29) is 0 Å². The van der Waals surface area contributed by atoms with Gasteiger partial charge in [-0.05, 0) is 61.1 Å². The number of imidazole rings is 1. The number of nitrogens with zero attached hydrogens (tertiary/aromatic N) is 2. The molecule has 2 aliphatic rings. The van der Waals surface area contributed by atoms with Gasteiger partial charge in [0.05, 0.1) is 11.2 Å². The van der Waals surface area contributed by atoms with Crippen molar-refractivity contribution in [3.05, 3.63) is 40.9 Å². The van der Waals surface area contributed by atoms with E-state index in [1.165, 1.54) is 56.1 Å². The van der Waals surface area contributed by atoms with Gasteiger partial charge in [-0.25, -0.2) is 9.97 Å². The largest absolute Gasteiger partial charge is 0.341 e. The zero-order chi connectivity index (χ0) is 19.7. The van der Waals surface area contributed by atoms with E-state index >= 15 is 0 Å². The maximum atomic E-state index is 4.98. The summed E-state index contributed by atoms with van der Waals surface area (Å²) >= 11 is 0. The zero-order valence-electron chi connectivity index (χ0n) is 18.1. The first kappa shape index (κ1) is 19.4. The molecule has 0 unspecified atom stereocenters. The molecule has 1 N–H and O–H groups in total. The highest BCUT2D eigenvalue weighted by atomic mass is 15.0. The van der Waals surface area contributed by atoms with E-state index in [2.05, 4.69) is 50.9 Å². The number of aromatic nitrogens is 3. The fourth-order valence-corrected chi connectivity index (χ4v) is 4.80. The Morgan fingerprint density at radius 2 is 1.82 bits per heavy atom. The second-order valence-corrected chi connectivity index (χ2v) is 9.30. The molecule has 2 aliphatic carbocycles. The van der Waals surface area contributed by atoms with Crippen LogP contribution in [-0.2, 0) is 6.42 Å². The smallest absolute Gasteiger partial charge is 0.178 e. The molecule has 3 nitrogen and oxygen atoms in total. The van der Waals surface area contributed by atoms with Gasteiger partial charge < -0.3 is 4.98 Å². The van der Waals surface area contributed by atoms with Gasteiger partial charge in [0.1, 0.15) is 5.82 Å². The van der Waals surface area contributed by atoms with Crippen LogP contribution in [0.2, 0.25) is 0 Å². The number of allylic oxidation sites excluding steroid dienone is 4. The van der Waals surface area contributed by atoms with Gasteiger partial charge in [0, 0.05) is 6.42 Å². The van der Waals surface area contributed by atoms with E-state index in [1.807, 2.05) is 0 Å². The topological polar surface area (TPSA) is 41.6 Å². The molecule has 0 atom stereocenters. The average Bonchev–Trinajstić information content (AvgIpc) is 3.31. The second kappa shape index (κ2) is 7.85. The summed E-state index contributed by atoms with van der Waals surface area (Å²) in [7, 11) is 0. The monoisotopic (exact) mass is 377 g/mol. The molecule has 2 aromatic rings. The van der Waals surface area contributed by atoms with Crippen LogP contribution in [0.4, 0.5) is 0 Å². The van der Waals surface area contributed by atoms with E-state index in [0.717, 1.165) is 41.4 Å². The van der Waals surface area contributed by atoms with E-state index in [4.69, 9.17) is 9.97 Å². The molecule has 2 aromatic heterocycles. The highest BCUT2D eigenvalue weighted by Gasteiger charge is 2.40. The summed E-state index contributed by atoms with van der Waals surface area (Å²) in [6, 6.07) is 2.24. The van der Waals surface area contributed by atoms with E-state index in [0.29, 0.717) is 5.41 Å². The predicted octanol–water partition coefficient (Wildman–Crippen LogP) is 6.93. The SMILES string of the molecule is CCCC(CCC)Cc1nc2nc(C3=CC=C(C4(C)CC4)CC3)c(C)cc2[nH]1. The summed E-state index contributed by atoms with van der Waals surface area (Å²) in [6.45, 7) is 9.14. The quantitative estimate of drug-likeness (QED) is 0.542. The lowest BCUT2D eigenvalue weighted by Crippen LogP contribution is -2.05. The minimum atomic E-state index is 0.499. The molecule has 0 bridgehead atoms. The molecule has 0 spiro atoms. The lowest BCUT2D eigenvalue weighted by molar-refractivity contribution is 0.431. The molecule has 1 saturated carbocycles. The van der Waals surface area contributed by atoms with Crippen molar-refractivity contribution in [2.45, 2.75) is 85.5 Å². The van der Waals surface area contributed by atoms with E-state index in [1.54, 1.807) is 5.57 Å². The normalized spacial score (nSPS) is 18.5. The third-order valence-electron chi connectivity index (χ3n) is 6.82. The second-order valence-electron chi connectivity index (χ2n) is 9.30. The molecule has 150 valence electrons. The van der Waals surface area contributed by atoms with Crippen LogP contribution in [0.3, 0.4) is 0 Å². The molecule has 3 heteroatoms. The zero-order valence-corrected chi connectivity index (χ0v) is 18.1. The number of nitrogens with one attached hydrogen (secondary N) is 1. The van der Waals surface area contributed by atoms with Gasteiger partial charge in [-0.2, -0.15) is 0 Å². The summed E-state index contributed by atoms with van der Waals surface area (Å²) in [4.78, 5) is 13.4. The first-order valence-corrected chi connectivity index (χ1v) is 11.3. The predicted molar refractivity (Wildman–Crippen MR) is 118 cm³/mol. The first-order chi connectivity index (χ1) is 13.5. The summed E-state index contributed by atoms with van der Waals surface area (Å²) in [5.41, 5.74) is 7.86. The average molecular weight is 378 g/mol. The standard InChI is InChI=1S/C25H35N3/c1-5-7-18(8-6-2)16-22-26-21-15-17(3)23(28-24(21)27-22)19-9-11-20(12-10-19)25(4)13-14-25/h9,11,15,18H,5-8,10,12-14,16H2,1-4H3,(H,26,27,28). The van der Waals surface area contributed by atoms with Crippen molar-refractivity contribution in [2.75, 3.05) is 0 Å².